The summed E-state index contributed by atoms with van der Waals surface area (Å²) in [6.07, 6.45) is 0. The van der Waals surface area contributed by atoms with Crippen molar-refractivity contribution in [2.24, 2.45) is 0 Å². The Hall–Kier alpha value is -1.88. The van der Waals surface area contributed by atoms with Crippen molar-refractivity contribution in [3.8, 4) is 0 Å². The van der Waals surface area contributed by atoms with Gasteiger partial charge in [-0.3, -0.25) is 4.79 Å². The Kier molecular flexibility index (Phi) is 6.89. The average molecular weight is 388 g/mol. The number of carbonyl (C=O) groups excluding carboxylic acids is 1. The minimum atomic E-state index is 0.241. The van der Waals surface area contributed by atoms with Gasteiger partial charge in [-0.15, -0.1) is 0 Å². The molecule has 1 amide bonds. The van der Waals surface area contributed by atoms with Crippen LogP contribution in [0.1, 0.15) is 29.7 Å². The molecule has 0 radical (unpaired) electrons. The van der Waals surface area contributed by atoms with Crippen LogP contribution in [-0.2, 0) is 11.3 Å². The number of nitrogens with two attached hydrogens (primary N) is 1. The third kappa shape index (κ3) is 5.55. The first-order chi connectivity index (χ1) is 13.0. The lowest BCUT2D eigenvalue weighted by Crippen LogP contribution is -3.13. The molecule has 1 atom stereocenters. The number of quaternary nitrogens is 2. The third-order valence-corrected chi connectivity index (χ3v) is 5.82. The van der Waals surface area contributed by atoms with Crippen molar-refractivity contribution in [1.29, 1.82) is 0 Å². The molecule has 4 nitrogen and oxygen atoms in total. The van der Waals surface area contributed by atoms with E-state index in [9.17, 15) is 4.79 Å². The van der Waals surface area contributed by atoms with Gasteiger partial charge in [0, 0.05) is 16.1 Å². The van der Waals surface area contributed by atoms with E-state index in [-0.39, 0.29) is 11.9 Å². The first-order valence-corrected chi connectivity index (χ1v) is 10.2. The van der Waals surface area contributed by atoms with Crippen molar-refractivity contribution in [3.63, 3.8) is 0 Å². The van der Waals surface area contributed by atoms with Gasteiger partial charge >= 0.3 is 0 Å². The number of halogens is 1. The van der Waals surface area contributed by atoms with E-state index in [4.69, 9.17) is 11.6 Å². The zero-order chi connectivity index (χ0) is 19.2. The topological polar surface area (TPSA) is 41.4 Å². The molecule has 0 saturated carbocycles. The molecule has 27 heavy (non-hydrogen) atoms. The number of piperazine rings is 1. The first-order valence-electron chi connectivity index (χ1n) is 9.77. The number of amides is 1. The van der Waals surface area contributed by atoms with E-state index in [1.165, 1.54) is 16.7 Å². The van der Waals surface area contributed by atoms with Gasteiger partial charge in [0.1, 0.15) is 12.6 Å². The SMILES string of the molecule is Cc1ccccc1C[NH+]1CCN(C(=O)C[NH2+][C@H](C)c2ccc(Cl)cc2)CC1. The van der Waals surface area contributed by atoms with Crippen molar-refractivity contribution >= 4 is 17.5 Å². The molecule has 1 aliphatic heterocycles. The Morgan fingerprint density at radius 2 is 1.81 bits per heavy atom. The van der Waals surface area contributed by atoms with Crippen LogP contribution >= 0.6 is 11.6 Å². The second kappa shape index (κ2) is 9.36. The number of nitrogens with one attached hydrogen (secondary N) is 1. The highest BCUT2D eigenvalue weighted by molar-refractivity contribution is 6.30. The van der Waals surface area contributed by atoms with Crippen LogP contribution in [0, 0.1) is 6.92 Å². The lowest BCUT2D eigenvalue weighted by Gasteiger charge is -2.32. The fourth-order valence-electron chi connectivity index (χ4n) is 3.64. The van der Waals surface area contributed by atoms with Crippen molar-refractivity contribution in [2.45, 2.75) is 26.4 Å². The number of benzene rings is 2. The second-order valence-electron chi connectivity index (χ2n) is 7.51. The summed E-state index contributed by atoms with van der Waals surface area (Å²) in [5.41, 5.74) is 3.96. The van der Waals surface area contributed by atoms with Crippen LogP contribution < -0.4 is 10.2 Å². The van der Waals surface area contributed by atoms with Crippen molar-refractivity contribution in [2.75, 3.05) is 32.7 Å². The molecule has 0 aromatic heterocycles. The van der Waals surface area contributed by atoms with Crippen LogP contribution in [0.2, 0.25) is 5.02 Å². The molecule has 0 bridgehead atoms. The molecule has 0 unspecified atom stereocenters. The van der Waals surface area contributed by atoms with E-state index in [0.29, 0.717) is 6.54 Å². The predicted molar refractivity (Wildman–Crippen MR) is 109 cm³/mol. The molecule has 2 aromatic rings. The summed E-state index contributed by atoms with van der Waals surface area (Å²) in [5.74, 6) is 0.241. The number of hydrogen-bond acceptors (Lipinski definition) is 1. The van der Waals surface area contributed by atoms with Crippen LogP contribution in [0.3, 0.4) is 0 Å². The van der Waals surface area contributed by atoms with E-state index in [0.717, 1.165) is 37.7 Å². The zero-order valence-corrected chi connectivity index (χ0v) is 17.0. The summed E-state index contributed by atoms with van der Waals surface area (Å²) in [7, 11) is 0. The molecule has 5 heteroatoms. The van der Waals surface area contributed by atoms with E-state index >= 15 is 0 Å². The molecule has 3 N–H and O–H groups in total. The molecule has 3 rings (SSSR count). The highest BCUT2D eigenvalue weighted by Gasteiger charge is 2.25. The van der Waals surface area contributed by atoms with Crippen LogP contribution in [-0.4, -0.2) is 43.5 Å². The number of hydrogen-bond donors (Lipinski definition) is 2. The summed E-state index contributed by atoms with van der Waals surface area (Å²) in [5, 5.41) is 2.85. The fourth-order valence-corrected chi connectivity index (χ4v) is 3.76. The monoisotopic (exact) mass is 387 g/mol. The molecular weight excluding hydrogens is 358 g/mol. The average Bonchev–Trinajstić information content (AvgIpc) is 2.69. The quantitative estimate of drug-likeness (QED) is 0.768. The highest BCUT2D eigenvalue weighted by Crippen LogP contribution is 2.13. The summed E-state index contributed by atoms with van der Waals surface area (Å²) in [6.45, 7) is 9.59. The van der Waals surface area contributed by atoms with Gasteiger partial charge in [-0.2, -0.15) is 0 Å². The van der Waals surface area contributed by atoms with Crippen LogP contribution in [0.25, 0.3) is 0 Å². The standard InChI is InChI=1S/C22H28ClN3O/c1-17-5-3-4-6-20(17)16-25-11-13-26(14-12-25)22(27)15-24-18(2)19-7-9-21(23)10-8-19/h3-10,18,24H,11-16H2,1-2H3/p+2/t18-/m1/s1. The molecule has 2 aromatic carbocycles. The molecule has 1 aliphatic rings. The predicted octanol–water partition coefficient (Wildman–Crippen LogP) is 1.20. The van der Waals surface area contributed by atoms with E-state index in [2.05, 4.69) is 43.4 Å². The minimum absolute atomic E-state index is 0.241. The second-order valence-corrected chi connectivity index (χ2v) is 7.95. The van der Waals surface area contributed by atoms with Gasteiger partial charge in [0.05, 0.1) is 26.2 Å². The Bertz CT molecular complexity index is 754. The maximum atomic E-state index is 12.6. The Labute approximate surface area is 167 Å². The third-order valence-electron chi connectivity index (χ3n) is 5.57. The normalized spacial score (nSPS) is 16.3. The van der Waals surface area contributed by atoms with Crippen LogP contribution in [0.4, 0.5) is 0 Å². The zero-order valence-electron chi connectivity index (χ0n) is 16.2. The summed E-state index contributed by atoms with van der Waals surface area (Å²) >= 11 is 5.94. The van der Waals surface area contributed by atoms with E-state index in [1.807, 2.05) is 29.2 Å². The number of carbonyl (C=O) groups is 1. The smallest absolute Gasteiger partial charge is 0.278 e. The molecule has 1 fully saturated rings. The van der Waals surface area contributed by atoms with Gasteiger partial charge in [-0.05, 0) is 31.5 Å². The fraction of sp³-hybridized carbons (Fsp3) is 0.409. The van der Waals surface area contributed by atoms with Gasteiger partial charge in [0.15, 0.2) is 6.54 Å². The number of aryl methyl sites for hydroxylation is 1. The van der Waals surface area contributed by atoms with E-state index < -0.39 is 0 Å². The summed E-state index contributed by atoms with van der Waals surface area (Å²) in [6, 6.07) is 16.7. The van der Waals surface area contributed by atoms with Crippen LogP contribution in [0.15, 0.2) is 48.5 Å². The van der Waals surface area contributed by atoms with Crippen LogP contribution in [0.5, 0.6) is 0 Å². The highest BCUT2D eigenvalue weighted by atomic mass is 35.5. The van der Waals surface area contributed by atoms with Crippen molar-refractivity contribution in [3.05, 3.63) is 70.2 Å². The molecule has 0 aliphatic carbocycles. The molecular formula is C22H30ClN3O+2. The Morgan fingerprint density at radius 3 is 2.48 bits per heavy atom. The Balaban J connectivity index is 1.43. The van der Waals surface area contributed by atoms with Crippen molar-refractivity contribution < 1.29 is 15.0 Å². The van der Waals surface area contributed by atoms with Crippen molar-refractivity contribution in [1.82, 2.24) is 4.90 Å². The first kappa shape index (κ1) is 19.9. The summed E-state index contributed by atoms with van der Waals surface area (Å²) in [4.78, 5) is 16.2. The number of rotatable bonds is 6. The minimum Gasteiger partial charge on any atom is -0.333 e. The van der Waals surface area contributed by atoms with Gasteiger partial charge in [0.25, 0.3) is 5.91 Å². The largest absolute Gasteiger partial charge is 0.333 e. The molecule has 144 valence electrons. The lowest BCUT2D eigenvalue weighted by atomic mass is 10.1. The molecule has 1 heterocycles. The van der Waals surface area contributed by atoms with Gasteiger partial charge in [-0.1, -0.05) is 48.0 Å². The maximum absolute atomic E-state index is 12.6. The maximum Gasteiger partial charge on any atom is 0.278 e. The van der Waals surface area contributed by atoms with Gasteiger partial charge in [-0.25, -0.2) is 0 Å². The van der Waals surface area contributed by atoms with Gasteiger partial charge in [0.2, 0.25) is 0 Å². The summed E-state index contributed by atoms with van der Waals surface area (Å²) < 4.78 is 0. The number of nitrogens with zero attached hydrogens (tertiary/aromatic N) is 1. The lowest BCUT2D eigenvalue weighted by molar-refractivity contribution is -0.917. The van der Waals surface area contributed by atoms with Gasteiger partial charge < -0.3 is 15.1 Å². The molecule has 0 spiro atoms. The molecule has 1 saturated heterocycles. The van der Waals surface area contributed by atoms with E-state index in [1.54, 1.807) is 4.90 Å². The Morgan fingerprint density at radius 1 is 1.15 bits per heavy atom.